The van der Waals surface area contributed by atoms with Crippen LogP contribution in [0.25, 0.3) is 5.69 Å². The van der Waals surface area contributed by atoms with Gasteiger partial charge in [-0.05, 0) is 43.3 Å². The van der Waals surface area contributed by atoms with E-state index in [4.69, 9.17) is 46.4 Å². The number of aromatic nitrogens is 2. The van der Waals surface area contributed by atoms with Gasteiger partial charge in [0.1, 0.15) is 0 Å². The number of hydrogen-bond donors (Lipinski definition) is 1. The molecule has 0 unspecified atom stereocenters. The maximum atomic E-state index is 12.6. The molecule has 0 spiro atoms. The second-order valence-corrected chi connectivity index (χ2v) is 7.25. The van der Waals surface area contributed by atoms with Crippen LogP contribution in [0.1, 0.15) is 16.2 Å². The molecule has 0 aliphatic heterocycles. The average molecular weight is 443 g/mol. The molecule has 1 N–H and O–H groups in total. The summed E-state index contributed by atoms with van der Waals surface area (Å²) in [5, 5.41) is 7.92. The standard InChI is InChI=1S/C18H11Cl4N3O2/c1-9-6-16(26)17(24-25(9)11-4-2-10(19)3-5-11)18(27)23-15-8-13(21)12(20)7-14(15)22/h2-8H,1H3,(H,23,27). The SMILES string of the molecule is Cc1cc(=O)c(C(=O)Nc2cc(Cl)c(Cl)cc2Cl)nn1-c1ccc(Cl)cc1. The summed E-state index contributed by atoms with van der Waals surface area (Å²) in [5.74, 6) is -0.719. The van der Waals surface area contributed by atoms with Crippen LogP contribution >= 0.6 is 46.4 Å². The molecule has 138 valence electrons. The first-order chi connectivity index (χ1) is 12.8. The zero-order chi connectivity index (χ0) is 19.7. The van der Waals surface area contributed by atoms with Crippen molar-refractivity contribution in [3.05, 3.63) is 84.2 Å². The Labute approximate surface area is 174 Å². The predicted octanol–water partition coefficient (Wildman–Crippen LogP) is 5.41. The first kappa shape index (κ1) is 19.7. The molecule has 0 atom stereocenters. The van der Waals surface area contributed by atoms with Crippen LogP contribution in [0, 0.1) is 6.92 Å². The van der Waals surface area contributed by atoms with Gasteiger partial charge in [-0.15, -0.1) is 0 Å². The number of hydrogen-bond acceptors (Lipinski definition) is 3. The molecule has 0 saturated heterocycles. The molecule has 1 aromatic heterocycles. The fraction of sp³-hybridized carbons (Fsp3) is 0.0556. The lowest BCUT2D eigenvalue weighted by atomic mass is 10.2. The van der Waals surface area contributed by atoms with Gasteiger partial charge in [0.15, 0.2) is 5.69 Å². The number of nitrogens with one attached hydrogen (secondary N) is 1. The summed E-state index contributed by atoms with van der Waals surface area (Å²) < 4.78 is 1.48. The molecule has 27 heavy (non-hydrogen) atoms. The van der Waals surface area contributed by atoms with Crippen molar-refractivity contribution in [1.82, 2.24) is 9.78 Å². The number of amides is 1. The number of anilines is 1. The van der Waals surface area contributed by atoms with Crippen LogP contribution in [0.5, 0.6) is 0 Å². The molecular weight excluding hydrogens is 432 g/mol. The first-order valence-corrected chi connectivity index (χ1v) is 9.10. The third kappa shape index (κ3) is 4.28. The zero-order valence-electron chi connectivity index (χ0n) is 13.8. The summed E-state index contributed by atoms with van der Waals surface area (Å²) in [6, 6.07) is 10.9. The molecular formula is C18H11Cl4N3O2. The fourth-order valence-electron chi connectivity index (χ4n) is 2.35. The molecule has 3 rings (SSSR count). The number of carbonyl (C=O) groups excluding carboxylic acids is 1. The Bertz CT molecular complexity index is 1090. The number of aryl methyl sites for hydroxylation is 1. The van der Waals surface area contributed by atoms with Crippen LogP contribution in [-0.4, -0.2) is 15.7 Å². The lowest BCUT2D eigenvalue weighted by molar-refractivity contribution is 0.101. The summed E-state index contributed by atoms with van der Waals surface area (Å²) in [6.07, 6.45) is 0. The van der Waals surface area contributed by atoms with Crippen LogP contribution in [-0.2, 0) is 0 Å². The van der Waals surface area contributed by atoms with Crippen LogP contribution in [0.3, 0.4) is 0 Å². The Morgan fingerprint density at radius 2 is 1.59 bits per heavy atom. The monoisotopic (exact) mass is 441 g/mol. The molecule has 0 fully saturated rings. The highest BCUT2D eigenvalue weighted by molar-refractivity contribution is 6.44. The minimum Gasteiger partial charge on any atom is -0.319 e. The highest BCUT2D eigenvalue weighted by Crippen LogP contribution is 2.32. The Kier molecular flexibility index (Phi) is 5.77. The summed E-state index contributed by atoms with van der Waals surface area (Å²) in [5.41, 5.74) is 0.616. The number of halogens is 4. The van der Waals surface area contributed by atoms with Crippen molar-refractivity contribution in [3.63, 3.8) is 0 Å². The number of rotatable bonds is 3. The van der Waals surface area contributed by atoms with Crippen molar-refractivity contribution in [3.8, 4) is 5.69 Å². The van der Waals surface area contributed by atoms with Crippen molar-refractivity contribution < 1.29 is 4.79 Å². The van der Waals surface area contributed by atoms with E-state index in [9.17, 15) is 9.59 Å². The molecule has 0 radical (unpaired) electrons. The lowest BCUT2D eigenvalue weighted by Crippen LogP contribution is -2.27. The highest BCUT2D eigenvalue weighted by Gasteiger charge is 2.17. The maximum absolute atomic E-state index is 12.6. The Hall–Kier alpha value is -2.05. The summed E-state index contributed by atoms with van der Waals surface area (Å²) in [7, 11) is 0. The largest absolute Gasteiger partial charge is 0.319 e. The van der Waals surface area contributed by atoms with Gasteiger partial charge in [0.05, 0.1) is 26.4 Å². The average Bonchev–Trinajstić information content (AvgIpc) is 2.60. The Morgan fingerprint density at radius 1 is 0.963 bits per heavy atom. The zero-order valence-corrected chi connectivity index (χ0v) is 16.8. The lowest BCUT2D eigenvalue weighted by Gasteiger charge is -2.12. The van der Waals surface area contributed by atoms with Gasteiger partial charge >= 0.3 is 0 Å². The van der Waals surface area contributed by atoms with E-state index in [0.717, 1.165) is 0 Å². The summed E-state index contributed by atoms with van der Waals surface area (Å²) in [6.45, 7) is 1.71. The molecule has 1 amide bonds. The van der Waals surface area contributed by atoms with Crippen LogP contribution in [0.2, 0.25) is 20.1 Å². The number of nitrogens with zero attached hydrogens (tertiary/aromatic N) is 2. The molecule has 0 saturated carbocycles. The van der Waals surface area contributed by atoms with Gasteiger partial charge in [-0.1, -0.05) is 46.4 Å². The van der Waals surface area contributed by atoms with Gasteiger partial charge in [0.25, 0.3) is 5.91 Å². The molecule has 0 bridgehead atoms. The van der Waals surface area contributed by atoms with E-state index >= 15 is 0 Å². The third-order valence-corrected chi connectivity index (χ3v) is 4.94. The number of benzene rings is 2. The van der Waals surface area contributed by atoms with Crippen molar-refractivity contribution in [2.75, 3.05) is 5.32 Å². The smallest absolute Gasteiger partial charge is 0.280 e. The van der Waals surface area contributed by atoms with E-state index < -0.39 is 11.3 Å². The van der Waals surface area contributed by atoms with Crippen molar-refractivity contribution in [2.45, 2.75) is 6.92 Å². The molecule has 0 aliphatic carbocycles. The quantitative estimate of drug-likeness (QED) is 0.551. The van der Waals surface area contributed by atoms with Crippen molar-refractivity contribution >= 4 is 58.0 Å². The van der Waals surface area contributed by atoms with Gasteiger partial charge in [-0.3, -0.25) is 9.59 Å². The molecule has 3 aromatic rings. The van der Waals surface area contributed by atoms with E-state index in [1.807, 2.05) is 0 Å². The Balaban J connectivity index is 2.00. The van der Waals surface area contributed by atoms with Crippen molar-refractivity contribution in [1.29, 1.82) is 0 Å². The molecule has 0 aliphatic rings. The normalized spacial score (nSPS) is 10.7. The number of carbonyl (C=O) groups is 1. The second-order valence-electron chi connectivity index (χ2n) is 5.59. The van der Waals surface area contributed by atoms with E-state index in [-0.39, 0.29) is 26.4 Å². The van der Waals surface area contributed by atoms with Gasteiger partial charge in [0, 0.05) is 16.8 Å². The van der Waals surface area contributed by atoms with Crippen molar-refractivity contribution in [2.24, 2.45) is 0 Å². The van der Waals surface area contributed by atoms with Gasteiger partial charge < -0.3 is 5.32 Å². The molecule has 2 aromatic carbocycles. The minimum atomic E-state index is -0.719. The molecule has 9 heteroatoms. The van der Waals surface area contributed by atoms with Gasteiger partial charge in [-0.25, -0.2) is 4.68 Å². The van der Waals surface area contributed by atoms with E-state index in [0.29, 0.717) is 16.4 Å². The van der Waals surface area contributed by atoms with Crippen LogP contribution in [0.4, 0.5) is 5.69 Å². The van der Waals surface area contributed by atoms with E-state index in [1.165, 1.54) is 22.9 Å². The first-order valence-electron chi connectivity index (χ1n) is 7.59. The third-order valence-electron chi connectivity index (χ3n) is 3.65. The van der Waals surface area contributed by atoms with Gasteiger partial charge in [-0.2, -0.15) is 5.10 Å². The van der Waals surface area contributed by atoms with Crippen LogP contribution in [0.15, 0.2) is 47.3 Å². The summed E-state index contributed by atoms with van der Waals surface area (Å²) >= 11 is 23.8. The predicted molar refractivity (Wildman–Crippen MR) is 109 cm³/mol. The maximum Gasteiger partial charge on any atom is 0.280 e. The minimum absolute atomic E-state index is 0.183. The topological polar surface area (TPSA) is 64.0 Å². The fourth-order valence-corrected chi connectivity index (χ4v) is 3.07. The van der Waals surface area contributed by atoms with E-state index in [1.54, 1.807) is 31.2 Å². The second kappa shape index (κ2) is 7.90. The summed E-state index contributed by atoms with van der Waals surface area (Å²) in [4.78, 5) is 24.9. The highest BCUT2D eigenvalue weighted by atomic mass is 35.5. The Morgan fingerprint density at radius 3 is 2.26 bits per heavy atom. The van der Waals surface area contributed by atoms with Gasteiger partial charge in [0.2, 0.25) is 5.43 Å². The van der Waals surface area contributed by atoms with E-state index in [2.05, 4.69) is 10.4 Å². The van der Waals surface area contributed by atoms with Crippen LogP contribution < -0.4 is 10.7 Å². The molecule has 1 heterocycles. The molecule has 5 nitrogen and oxygen atoms in total.